The summed E-state index contributed by atoms with van der Waals surface area (Å²) in [6, 6.07) is 13.4. The van der Waals surface area contributed by atoms with Gasteiger partial charge in [0.05, 0.1) is 11.0 Å². The average molecular weight is 360 g/mol. The molecule has 0 saturated carbocycles. The molecule has 3 rings (SSSR count). The van der Waals surface area contributed by atoms with Crippen LogP contribution < -0.4 is 0 Å². The molecule has 0 spiro atoms. The normalized spacial score (nSPS) is 11.0. The number of halogens is 1. The summed E-state index contributed by atoms with van der Waals surface area (Å²) in [7, 11) is 5.51. The molecule has 0 bridgehead atoms. The number of aromatic nitrogens is 2. The molecule has 0 radical (unpaired) electrons. The summed E-state index contributed by atoms with van der Waals surface area (Å²) in [6.45, 7) is 0. The van der Waals surface area contributed by atoms with Gasteiger partial charge in [0.1, 0.15) is 0 Å². The van der Waals surface area contributed by atoms with Crippen LogP contribution in [0.3, 0.4) is 0 Å². The minimum Gasteiger partial charge on any atom is -0.345 e. The molecule has 4 nitrogen and oxygen atoms in total. The number of rotatable bonds is 4. The molecule has 6 heteroatoms. The predicted octanol–water partition coefficient (Wildman–Crippen LogP) is 4.22. The third-order valence-electron chi connectivity index (χ3n) is 3.75. The molecule has 1 aromatic heterocycles. The number of hydrogen-bond acceptors (Lipinski definition) is 3. The lowest BCUT2D eigenvalue weighted by molar-refractivity contribution is 0.0827. The first-order valence-corrected chi connectivity index (χ1v) is 8.87. The summed E-state index contributed by atoms with van der Waals surface area (Å²) < 4.78 is 2.06. The predicted molar refractivity (Wildman–Crippen MR) is 99.7 cm³/mol. The Labute approximate surface area is 150 Å². The standard InChI is InChI=1S/C18H18ClN3OS/c1-21(2)17(23)13-6-4-5-12(9-13)11-24-18-20-15-10-14(19)7-8-16(15)22(18)3/h4-10H,11H2,1-3H3. The summed E-state index contributed by atoms with van der Waals surface area (Å²) in [5.74, 6) is 0.763. The highest BCUT2D eigenvalue weighted by Gasteiger charge is 2.11. The fourth-order valence-electron chi connectivity index (χ4n) is 2.48. The fourth-order valence-corrected chi connectivity index (χ4v) is 3.58. The van der Waals surface area contributed by atoms with E-state index < -0.39 is 0 Å². The van der Waals surface area contributed by atoms with Gasteiger partial charge in [-0.15, -0.1) is 0 Å². The molecule has 1 amide bonds. The SMILES string of the molecule is CN(C)C(=O)c1cccc(CSc2nc3cc(Cl)ccc3n2C)c1. The largest absolute Gasteiger partial charge is 0.345 e. The molecule has 0 atom stereocenters. The highest BCUT2D eigenvalue weighted by molar-refractivity contribution is 7.98. The van der Waals surface area contributed by atoms with Crippen LogP contribution in [0.15, 0.2) is 47.6 Å². The molecular formula is C18H18ClN3OS. The van der Waals surface area contributed by atoms with Crippen molar-refractivity contribution in [3.63, 3.8) is 0 Å². The van der Waals surface area contributed by atoms with Crippen molar-refractivity contribution < 1.29 is 4.79 Å². The molecule has 0 saturated heterocycles. The molecule has 0 unspecified atom stereocenters. The van der Waals surface area contributed by atoms with Crippen LogP contribution in [0.25, 0.3) is 11.0 Å². The van der Waals surface area contributed by atoms with Gasteiger partial charge in [-0.3, -0.25) is 4.79 Å². The van der Waals surface area contributed by atoms with Crippen LogP contribution in [0.1, 0.15) is 15.9 Å². The number of carbonyl (C=O) groups is 1. The van der Waals surface area contributed by atoms with Gasteiger partial charge < -0.3 is 9.47 Å². The average Bonchev–Trinajstić information content (AvgIpc) is 2.87. The van der Waals surface area contributed by atoms with Crippen molar-refractivity contribution in [1.82, 2.24) is 14.5 Å². The first-order chi connectivity index (χ1) is 11.5. The van der Waals surface area contributed by atoms with Crippen molar-refractivity contribution in [2.75, 3.05) is 14.1 Å². The van der Waals surface area contributed by atoms with E-state index in [1.165, 1.54) is 0 Å². The second-order valence-electron chi connectivity index (χ2n) is 5.78. The van der Waals surface area contributed by atoms with E-state index in [-0.39, 0.29) is 5.91 Å². The van der Waals surface area contributed by atoms with Crippen LogP contribution in [0.4, 0.5) is 0 Å². The smallest absolute Gasteiger partial charge is 0.253 e. The molecule has 0 fully saturated rings. The first-order valence-electron chi connectivity index (χ1n) is 7.51. The van der Waals surface area contributed by atoms with Gasteiger partial charge in [0.2, 0.25) is 0 Å². The lowest BCUT2D eigenvalue weighted by Crippen LogP contribution is -2.21. The Morgan fingerprint density at radius 1 is 1.25 bits per heavy atom. The van der Waals surface area contributed by atoms with Crippen molar-refractivity contribution in [2.45, 2.75) is 10.9 Å². The molecule has 1 heterocycles. The Morgan fingerprint density at radius 2 is 2.04 bits per heavy atom. The van der Waals surface area contributed by atoms with Gasteiger partial charge >= 0.3 is 0 Å². The van der Waals surface area contributed by atoms with Crippen LogP contribution >= 0.6 is 23.4 Å². The lowest BCUT2D eigenvalue weighted by Gasteiger charge is -2.11. The summed E-state index contributed by atoms with van der Waals surface area (Å²) in [6.07, 6.45) is 0. The zero-order chi connectivity index (χ0) is 17.3. The molecule has 0 aliphatic rings. The molecule has 24 heavy (non-hydrogen) atoms. The zero-order valence-electron chi connectivity index (χ0n) is 13.8. The highest BCUT2D eigenvalue weighted by atomic mass is 35.5. The number of aryl methyl sites for hydroxylation is 1. The maximum absolute atomic E-state index is 12.1. The number of benzene rings is 2. The van der Waals surface area contributed by atoms with E-state index in [2.05, 4.69) is 9.55 Å². The molecular weight excluding hydrogens is 342 g/mol. The summed E-state index contributed by atoms with van der Waals surface area (Å²) in [5.41, 5.74) is 3.75. The fraction of sp³-hybridized carbons (Fsp3) is 0.222. The van der Waals surface area contributed by atoms with Crippen molar-refractivity contribution >= 4 is 40.3 Å². The molecule has 2 aromatic carbocycles. The van der Waals surface area contributed by atoms with Crippen LogP contribution in [-0.4, -0.2) is 34.5 Å². The van der Waals surface area contributed by atoms with E-state index in [9.17, 15) is 4.79 Å². The van der Waals surface area contributed by atoms with Gasteiger partial charge in [-0.25, -0.2) is 4.98 Å². The summed E-state index contributed by atoms with van der Waals surface area (Å²) in [4.78, 5) is 18.3. The molecule has 0 N–H and O–H groups in total. The van der Waals surface area contributed by atoms with E-state index in [1.54, 1.807) is 30.8 Å². The lowest BCUT2D eigenvalue weighted by atomic mass is 10.1. The number of nitrogens with zero attached hydrogens (tertiary/aromatic N) is 3. The van der Waals surface area contributed by atoms with Crippen molar-refractivity contribution in [3.8, 4) is 0 Å². The highest BCUT2D eigenvalue weighted by Crippen LogP contribution is 2.27. The third-order valence-corrected chi connectivity index (χ3v) is 5.09. The number of hydrogen-bond donors (Lipinski definition) is 0. The van der Waals surface area contributed by atoms with Crippen molar-refractivity contribution in [3.05, 3.63) is 58.6 Å². The van der Waals surface area contributed by atoms with Crippen LogP contribution in [0, 0.1) is 0 Å². The Balaban J connectivity index is 1.80. The van der Waals surface area contributed by atoms with Gasteiger partial charge in [0.25, 0.3) is 5.91 Å². The Kier molecular flexibility index (Phi) is 4.83. The number of carbonyl (C=O) groups excluding carboxylic acids is 1. The second kappa shape index (κ2) is 6.87. The Hall–Kier alpha value is -1.98. The second-order valence-corrected chi connectivity index (χ2v) is 7.15. The Bertz CT molecular complexity index is 904. The minimum atomic E-state index is 0.0132. The van der Waals surface area contributed by atoms with E-state index in [0.29, 0.717) is 10.6 Å². The Morgan fingerprint density at radius 3 is 2.79 bits per heavy atom. The van der Waals surface area contributed by atoms with Crippen LogP contribution in [0.2, 0.25) is 5.02 Å². The molecule has 3 aromatic rings. The summed E-state index contributed by atoms with van der Waals surface area (Å²) in [5, 5.41) is 1.61. The van der Waals surface area contributed by atoms with Gasteiger partial charge in [0.15, 0.2) is 5.16 Å². The molecule has 0 aliphatic heterocycles. The van der Waals surface area contributed by atoms with Gasteiger partial charge in [0, 0.05) is 37.5 Å². The first kappa shape index (κ1) is 16.9. The van der Waals surface area contributed by atoms with E-state index in [0.717, 1.165) is 27.5 Å². The maximum atomic E-state index is 12.1. The topological polar surface area (TPSA) is 38.1 Å². The van der Waals surface area contributed by atoms with Crippen LogP contribution in [0.5, 0.6) is 0 Å². The monoisotopic (exact) mass is 359 g/mol. The van der Waals surface area contributed by atoms with Gasteiger partial charge in [-0.1, -0.05) is 35.5 Å². The van der Waals surface area contributed by atoms with E-state index >= 15 is 0 Å². The van der Waals surface area contributed by atoms with Gasteiger partial charge in [-0.05, 0) is 35.9 Å². The molecule has 0 aliphatic carbocycles. The van der Waals surface area contributed by atoms with Crippen molar-refractivity contribution in [1.29, 1.82) is 0 Å². The number of thioether (sulfide) groups is 1. The van der Waals surface area contributed by atoms with Crippen LogP contribution in [-0.2, 0) is 12.8 Å². The van der Waals surface area contributed by atoms with Gasteiger partial charge in [-0.2, -0.15) is 0 Å². The van der Waals surface area contributed by atoms with Crippen molar-refractivity contribution in [2.24, 2.45) is 7.05 Å². The quantitative estimate of drug-likeness (QED) is 0.654. The third kappa shape index (κ3) is 3.42. The molecule has 124 valence electrons. The number of amides is 1. The summed E-state index contributed by atoms with van der Waals surface area (Å²) >= 11 is 7.68. The van der Waals surface area contributed by atoms with E-state index in [1.807, 2.05) is 49.5 Å². The van der Waals surface area contributed by atoms with E-state index in [4.69, 9.17) is 11.6 Å². The zero-order valence-corrected chi connectivity index (χ0v) is 15.4. The number of imidazole rings is 1. The maximum Gasteiger partial charge on any atom is 0.253 e. The number of fused-ring (bicyclic) bond motifs is 1. The minimum absolute atomic E-state index is 0.0132.